The van der Waals surface area contributed by atoms with E-state index in [1.807, 2.05) is 91.0 Å². The second-order valence-corrected chi connectivity index (χ2v) is 12.7. The van der Waals surface area contributed by atoms with Crippen molar-refractivity contribution in [2.24, 2.45) is 0 Å². The van der Waals surface area contributed by atoms with Gasteiger partial charge in [0.1, 0.15) is 33.4 Å². The Morgan fingerprint density at radius 2 is 0.706 bits per heavy atom. The zero-order chi connectivity index (χ0) is 33.5. The number of nitrogens with zero attached hydrogens (tertiary/aromatic N) is 4. The monoisotopic (exact) mass is 656 g/mol. The average Bonchev–Trinajstić information content (AvgIpc) is 3.88. The Labute approximate surface area is 289 Å². The van der Waals surface area contributed by atoms with Crippen LogP contribution in [0.3, 0.4) is 0 Å². The number of aromatic nitrogens is 4. The fourth-order valence-electron chi connectivity index (χ4n) is 7.13. The normalized spacial score (nSPS) is 11.9. The van der Waals surface area contributed by atoms with Crippen molar-refractivity contribution in [1.82, 2.24) is 19.9 Å². The van der Waals surface area contributed by atoms with Crippen LogP contribution in [0.25, 0.3) is 111 Å². The van der Waals surface area contributed by atoms with Crippen LogP contribution in [0.1, 0.15) is 0 Å². The molecule has 0 aliphatic heterocycles. The molecule has 0 saturated carbocycles. The standard InChI is InChI=1S/C44H24N4O3/c1-5-33(47-35(7-1)36-8-2-6-34(48-36)28-14-18-40-32(24-28)44-42(51-40)10-4-20-46-44)27-13-17-38-30(23-27)29-21-25(11-15-37(29)49-38)26-12-16-39-31(22-26)43-41(50-39)9-3-19-45-43/h1-24H. The third-order valence-electron chi connectivity index (χ3n) is 9.61. The van der Waals surface area contributed by atoms with E-state index in [1.165, 1.54) is 0 Å². The van der Waals surface area contributed by atoms with Crippen LogP contribution < -0.4 is 0 Å². The minimum absolute atomic E-state index is 0.772. The van der Waals surface area contributed by atoms with E-state index >= 15 is 0 Å². The van der Waals surface area contributed by atoms with Crippen molar-refractivity contribution < 1.29 is 13.3 Å². The minimum atomic E-state index is 0.772. The molecular formula is C44H24N4O3. The fourth-order valence-corrected chi connectivity index (χ4v) is 7.13. The second kappa shape index (κ2) is 10.7. The van der Waals surface area contributed by atoms with Gasteiger partial charge < -0.3 is 13.3 Å². The van der Waals surface area contributed by atoms with Crippen LogP contribution in [-0.4, -0.2) is 19.9 Å². The van der Waals surface area contributed by atoms with E-state index in [-0.39, 0.29) is 0 Å². The number of pyridine rings is 4. The van der Waals surface area contributed by atoms with Gasteiger partial charge in [0.15, 0.2) is 11.2 Å². The summed E-state index contributed by atoms with van der Waals surface area (Å²) in [7, 11) is 0. The number of fused-ring (bicyclic) bond motifs is 9. The summed E-state index contributed by atoms with van der Waals surface area (Å²) in [6.07, 6.45) is 3.58. The first kappa shape index (κ1) is 27.8. The van der Waals surface area contributed by atoms with Crippen LogP contribution in [0.4, 0.5) is 0 Å². The Morgan fingerprint density at radius 3 is 1.24 bits per heavy atom. The molecule has 7 nitrogen and oxygen atoms in total. The zero-order valence-electron chi connectivity index (χ0n) is 26.9. The highest BCUT2D eigenvalue weighted by Crippen LogP contribution is 2.37. The lowest BCUT2D eigenvalue weighted by atomic mass is 10.0. The number of furan rings is 3. The van der Waals surface area contributed by atoms with Crippen molar-refractivity contribution in [3.8, 4) is 45.0 Å². The topological polar surface area (TPSA) is 91.0 Å². The third-order valence-corrected chi connectivity index (χ3v) is 9.61. The molecule has 0 spiro atoms. The Balaban J connectivity index is 0.960. The molecule has 0 amide bonds. The highest BCUT2D eigenvalue weighted by atomic mass is 16.3. The molecule has 0 fully saturated rings. The Hall–Kier alpha value is -7.12. The predicted molar refractivity (Wildman–Crippen MR) is 201 cm³/mol. The molecule has 7 aromatic heterocycles. The number of hydrogen-bond donors (Lipinski definition) is 0. The summed E-state index contributed by atoms with van der Waals surface area (Å²) >= 11 is 0. The van der Waals surface area contributed by atoms with Crippen molar-refractivity contribution in [2.45, 2.75) is 0 Å². The summed E-state index contributed by atoms with van der Waals surface area (Å²) in [6, 6.07) is 44.7. The SMILES string of the molecule is c1cc(-c2ccc3oc4ccc(-c5ccc6oc7cccnc7c6c5)cc4c3c2)nc(-c2cccc(-c3ccc4oc5cccnc5c4c3)n2)c1. The molecule has 7 heteroatoms. The molecule has 0 saturated heterocycles. The fraction of sp³-hybridized carbons (Fsp3) is 0. The maximum Gasteiger partial charge on any atom is 0.153 e. The van der Waals surface area contributed by atoms with Gasteiger partial charge in [-0.2, -0.15) is 0 Å². The van der Waals surface area contributed by atoms with Gasteiger partial charge in [-0.3, -0.25) is 9.97 Å². The largest absolute Gasteiger partial charge is 0.456 e. The van der Waals surface area contributed by atoms with Crippen molar-refractivity contribution in [3.63, 3.8) is 0 Å². The summed E-state index contributed by atoms with van der Waals surface area (Å²) in [4.78, 5) is 19.2. The van der Waals surface area contributed by atoms with E-state index in [0.29, 0.717) is 0 Å². The van der Waals surface area contributed by atoms with Crippen molar-refractivity contribution in [2.75, 3.05) is 0 Å². The van der Waals surface area contributed by atoms with Gasteiger partial charge in [0, 0.05) is 45.1 Å². The molecule has 0 atom stereocenters. The molecule has 4 aromatic carbocycles. The summed E-state index contributed by atoms with van der Waals surface area (Å²) in [5.41, 5.74) is 14.0. The molecule has 11 aromatic rings. The highest BCUT2D eigenvalue weighted by molar-refractivity contribution is 6.09. The molecule has 0 radical (unpaired) electrons. The minimum Gasteiger partial charge on any atom is -0.456 e. The maximum absolute atomic E-state index is 6.28. The van der Waals surface area contributed by atoms with Crippen LogP contribution in [0.2, 0.25) is 0 Å². The van der Waals surface area contributed by atoms with Crippen molar-refractivity contribution >= 4 is 66.1 Å². The van der Waals surface area contributed by atoms with E-state index < -0.39 is 0 Å². The van der Waals surface area contributed by atoms with Gasteiger partial charge in [-0.25, -0.2) is 9.97 Å². The molecule has 11 rings (SSSR count). The van der Waals surface area contributed by atoms with Gasteiger partial charge in [0.05, 0.1) is 22.8 Å². The maximum atomic E-state index is 6.28. The van der Waals surface area contributed by atoms with Crippen LogP contribution in [0, 0.1) is 0 Å². The van der Waals surface area contributed by atoms with Gasteiger partial charge in [0.2, 0.25) is 0 Å². The van der Waals surface area contributed by atoms with E-state index in [1.54, 1.807) is 12.4 Å². The smallest absolute Gasteiger partial charge is 0.153 e. The third kappa shape index (κ3) is 4.45. The first-order chi connectivity index (χ1) is 25.2. The Morgan fingerprint density at radius 1 is 0.314 bits per heavy atom. The van der Waals surface area contributed by atoms with Crippen molar-refractivity contribution in [1.29, 1.82) is 0 Å². The molecule has 51 heavy (non-hydrogen) atoms. The lowest BCUT2D eigenvalue weighted by Crippen LogP contribution is -1.92. The van der Waals surface area contributed by atoms with Gasteiger partial charge in [-0.1, -0.05) is 24.3 Å². The summed E-state index contributed by atoms with van der Waals surface area (Å²) in [5, 5.41) is 4.04. The van der Waals surface area contributed by atoms with Crippen LogP contribution in [0.15, 0.2) is 159 Å². The van der Waals surface area contributed by atoms with Crippen LogP contribution >= 0.6 is 0 Å². The Bertz CT molecular complexity index is 3170. The number of rotatable bonds is 4. The lowest BCUT2D eigenvalue weighted by Gasteiger charge is -2.07. The number of hydrogen-bond acceptors (Lipinski definition) is 7. The summed E-state index contributed by atoms with van der Waals surface area (Å²) < 4.78 is 18.3. The first-order valence-corrected chi connectivity index (χ1v) is 16.7. The van der Waals surface area contributed by atoms with Gasteiger partial charge in [-0.15, -0.1) is 0 Å². The molecule has 0 aliphatic rings. The quantitative estimate of drug-likeness (QED) is 0.186. The molecule has 0 unspecified atom stereocenters. The van der Waals surface area contributed by atoms with E-state index in [4.69, 9.17) is 23.2 Å². The van der Waals surface area contributed by atoms with Crippen molar-refractivity contribution in [3.05, 3.63) is 146 Å². The molecule has 7 heterocycles. The van der Waals surface area contributed by atoms with E-state index in [2.05, 4.69) is 52.4 Å². The summed E-state index contributed by atoms with van der Waals surface area (Å²) in [5.74, 6) is 0. The van der Waals surface area contributed by atoms with Gasteiger partial charge in [-0.05, 0) is 120 Å². The molecule has 238 valence electrons. The Kier molecular flexibility index (Phi) is 5.83. The van der Waals surface area contributed by atoms with Gasteiger partial charge in [0.25, 0.3) is 0 Å². The van der Waals surface area contributed by atoms with Gasteiger partial charge >= 0.3 is 0 Å². The lowest BCUT2D eigenvalue weighted by molar-refractivity contribution is 0.668. The molecule has 0 N–H and O–H groups in total. The van der Waals surface area contributed by atoms with Crippen LogP contribution in [-0.2, 0) is 0 Å². The summed E-state index contributed by atoms with van der Waals surface area (Å²) in [6.45, 7) is 0. The predicted octanol–water partition coefficient (Wildman–Crippen LogP) is 11.6. The molecule has 0 aliphatic carbocycles. The highest BCUT2D eigenvalue weighted by Gasteiger charge is 2.15. The molecule has 0 bridgehead atoms. The zero-order valence-corrected chi connectivity index (χ0v) is 26.9. The van der Waals surface area contributed by atoms with E-state index in [9.17, 15) is 0 Å². The first-order valence-electron chi connectivity index (χ1n) is 16.7. The van der Waals surface area contributed by atoms with Crippen LogP contribution in [0.5, 0.6) is 0 Å². The average molecular weight is 657 g/mol. The van der Waals surface area contributed by atoms with E-state index in [0.717, 1.165) is 111 Å². The molecular weight excluding hydrogens is 633 g/mol. The number of benzene rings is 4. The second-order valence-electron chi connectivity index (χ2n) is 12.7.